The molecule has 0 bridgehead atoms. The van der Waals surface area contributed by atoms with Gasteiger partial charge >= 0.3 is 0 Å². The van der Waals surface area contributed by atoms with Crippen LogP contribution in [0.1, 0.15) is 37.0 Å². The minimum absolute atomic E-state index is 0.104. The van der Waals surface area contributed by atoms with E-state index in [4.69, 9.17) is 5.73 Å². The molecule has 0 amide bonds. The third-order valence-corrected chi connectivity index (χ3v) is 3.71. The van der Waals surface area contributed by atoms with E-state index in [-0.39, 0.29) is 5.41 Å². The van der Waals surface area contributed by atoms with Crippen molar-refractivity contribution in [1.29, 1.82) is 0 Å². The van der Waals surface area contributed by atoms with E-state index in [1.807, 2.05) is 6.07 Å². The van der Waals surface area contributed by atoms with Gasteiger partial charge < -0.3 is 5.73 Å². The van der Waals surface area contributed by atoms with Crippen molar-refractivity contribution in [3.63, 3.8) is 0 Å². The van der Waals surface area contributed by atoms with Gasteiger partial charge in [0.2, 0.25) is 0 Å². The lowest BCUT2D eigenvalue weighted by atomic mass is 9.79. The summed E-state index contributed by atoms with van der Waals surface area (Å²) in [7, 11) is 0. The van der Waals surface area contributed by atoms with E-state index in [2.05, 4.69) is 74.5 Å². The molecule has 104 valence electrons. The topological polar surface area (TPSA) is 26.0 Å². The molecule has 0 aromatic heterocycles. The highest BCUT2D eigenvalue weighted by molar-refractivity contribution is 5.71. The van der Waals surface area contributed by atoms with Gasteiger partial charge in [0, 0.05) is 0 Å². The molecule has 0 spiro atoms. The first-order valence-electron chi connectivity index (χ1n) is 7.16. The van der Waals surface area contributed by atoms with Crippen LogP contribution in [0.25, 0.3) is 12.2 Å². The van der Waals surface area contributed by atoms with Gasteiger partial charge in [0.15, 0.2) is 0 Å². The molecule has 0 aliphatic rings. The van der Waals surface area contributed by atoms with Crippen LogP contribution in [0, 0.1) is 0 Å². The number of rotatable bonds is 5. The summed E-state index contributed by atoms with van der Waals surface area (Å²) in [6.45, 7) is 5.23. The monoisotopic (exact) mass is 265 g/mol. The van der Waals surface area contributed by atoms with Gasteiger partial charge in [0.25, 0.3) is 0 Å². The van der Waals surface area contributed by atoms with Crippen LogP contribution in [-0.2, 0) is 5.41 Å². The maximum Gasteiger partial charge on any atom is -0.00690 e. The minimum atomic E-state index is 0.104. The van der Waals surface area contributed by atoms with Crippen molar-refractivity contribution >= 4 is 12.2 Å². The zero-order valence-corrected chi connectivity index (χ0v) is 12.3. The second-order valence-electron chi connectivity index (χ2n) is 5.75. The zero-order chi connectivity index (χ0) is 14.4. The van der Waals surface area contributed by atoms with Gasteiger partial charge in [-0.15, -0.1) is 0 Å². The van der Waals surface area contributed by atoms with Gasteiger partial charge in [-0.1, -0.05) is 80.6 Å². The Balaban J connectivity index is 2.31. The standard InChI is InChI=1S/C19H23N/c1-19(2,14-15-20)18-11-7-6-10-17(18)13-12-16-8-4-3-5-9-16/h3-13H,14-15,20H2,1-2H3. The Bertz CT molecular complexity index is 567. The highest BCUT2D eigenvalue weighted by atomic mass is 14.5. The van der Waals surface area contributed by atoms with Crippen LogP contribution in [-0.4, -0.2) is 6.54 Å². The average molecular weight is 265 g/mol. The molecule has 0 unspecified atom stereocenters. The maximum absolute atomic E-state index is 5.75. The molecule has 0 heterocycles. The molecular formula is C19H23N. The fraction of sp³-hybridized carbons (Fsp3) is 0.263. The van der Waals surface area contributed by atoms with Crippen molar-refractivity contribution < 1.29 is 0 Å². The maximum atomic E-state index is 5.75. The smallest absolute Gasteiger partial charge is 0.00690 e. The van der Waals surface area contributed by atoms with Crippen molar-refractivity contribution in [2.75, 3.05) is 6.54 Å². The highest BCUT2D eigenvalue weighted by Crippen LogP contribution is 2.30. The molecule has 1 nitrogen and oxygen atoms in total. The summed E-state index contributed by atoms with van der Waals surface area (Å²) in [5.41, 5.74) is 9.71. The Morgan fingerprint density at radius 1 is 0.900 bits per heavy atom. The molecule has 0 radical (unpaired) electrons. The lowest BCUT2D eigenvalue weighted by Gasteiger charge is -2.26. The van der Waals surface area contributed by atoms with Crippen LogP contribution in [0.2, 0.25) is 0 Å². The fourth-order valence-corrected chi connectivity index (χ4v) is 2.50. The third kappa shape index (κ3) is 3.58. The summed E-state index contributed by atoms with van der Waals surface area (Å²) in [5, 5.41) is 0. The van der Waals surface area contributed by atoms with Gasteiger partial charge in [-0.2, -0.15) is 0 Å². The first kappa shape index (κ1) is 14.5. The summed E-state index contributed by atoms with van der Waals surface area (Å²) in [6.07, 6.45) is 5.35. The highest BCUT2D eigenvalue weighted by Gasteiger charge is 2.21. The predicted octanol–water partition coefficient (Wildman–Crippen LogP) is 4.48. The Labute approximate surface area is 122 Å². The quantitative estimate of drug-likeness (QED) is 0.792. The fourth-order valence-electron chi connectivity index (χ4n) is 2.50. The largest absolute Gasteiger partial charge is 0.330 e. The second kappa shape index (κ2) is 6.53. The Morgan fingerprint density at radius 2 is 1.55 bits per heavy atom. The molecule has 1 heteroatoms. The molecule has 0 fully saturated rings. The average Bonchev–Trinajstić information content (AvgIpc) is 2.46. The first-order valence-corrected chi connectivity index (χ1v) is 7.16. The molecule has 0 saturated carbocycles. The molecule has 2 N–H and O–H groups in total. The first-order chi connectivity index (χ1) is 9.63. The van der Waals surface area contributed by atoms with E-state index < -0.39 is 0 Å². The molecule has 0 aliphatic heterocycles. The van der Waals surface area contributed by atoms with Gasteiger partial charge in [-0.25, -0.2) is 0 Å². The van der Waals surface area contributed by atoms with Gasteiger partial charge in [-0.05, 0) is 35.1 Å². The van der Waals surface area contributed by atoms with Crippen molar-refractivity contribution in [1.82, 2.24) is 0 Å². The van der Waals surface area contributed by atoms with Crippen LogP contribution in [0.3, 0.4) is 0 Å². The van der Waals surface area contributed by atoms with E-state index in [1.165, 1.54) is 16.7 Å². The van der Waals surface area contributed by atoms with Crippen LogP contribution in [0.5, 0.6) is 0 Å². The summed E-state index contributed by atoms with van der Waals surface area (Å²) >= 11 is 0. The third-order valence-electron chi connectivity index (χ3n) is 3.71. The summed E-state index contributed by atoms with van der Waals surface area (Å²) in [5.74, 6) is 0. The molecule has 2 rings (SSSR count). The lowest BCUT2D eigenvalue weighted by Crippen LogP contribution is -2.22. The number of benzene rings is 2. The zero-order valence-electron chi connectivity index (χ0n) is 12.3. The van der Waals surface area contributed by atoms with E-state index in [0.717, 1.165) is 6.42 Å². The van der Waals surface area contributed by atoms with Crippen LogP contribution >= 0.6 is 0 Å². The summed E-state index contributed by atoms with van der Waals surface area (Å²) in [6, 6.07) is 19.0. The number of nitrogens with two attached hydrogens (primary N) is 1. The molecular weight excluding hydrogens is 242 g/mol. The SMILES string of the molecule is CC(C)(CCN)c1ccccc1C=Cc1ccccc1. The van der Waals surface area contributed by atoms with Crippen molar-refractivity contribution in [2.45, 2.75) is 25.7 Å². The van der Waals surface area contributed by atoms with E-state index >= 15 is 0 Å². The molecule has 2 aromatic carbocycles. The predicted molar refractivity (Wildman–Crippen MR) is 88.5 cm³/mol. The number of hydrogen-bond acceptors (Lipinski definition) is 1. The Hall–Kier alpha value is -1.86. The second-order valence-corrected chi connectivity index (χ2v) is 5.75. The van der Waals surface area contributed by atoms with Crippen molar-refractivity contribution in [3.8, 4) is 0 Å². The molecule has 0 saturated heterocycles. The van der Waals surface area contributed by atoms with Gasteiger partial charge in [0.05, 0.1) is 0 Å². The van der Waals surface area contributed by atoms with Crippen LogP contribution in [0.4, 0.5) is 0 Å². The molecule has 2 aromatic rings. The summed E-state index contributed by atoms with van der Waals surface area (Å²) in [4.78, 5) is 0. The number of hydrogen-bond donors (Lipinski definition) is 1. The van der Waals surface area contributed by atoms with Crippen LogP contribution in [0.15, 0.2) is 54.6 Å². The van der Waals surface area contributed by atoms with E-state index in [0.29, 0.717) is 6.54 Å². The lowest BCUT2D eigenvalue weighted by molar-refractivity contribution is 0.487. The summed E-state index contributed by atoms with van der Waals surface area (Å²) < 4.78 is 0. The van der Waals surface area contributed by atoms with E-state index in [9.17, 15) is 0 Å². The molecule has 20 heavy (non-hydrogen) atoms. The normalized spacial score (nSPS) is 11.9. The van der Waals surface area contributed by atoms with Crippen molar-refractivity contribution in [2.24, 2.45) is 5.73 Å². The molecule has 0 aliphatic carbocycles. The molecule has 0 atom stereocenters. The van der Waals surface area contributed by atoms with Crippen molar-refractivity contribution in [3.05, 3.63) is 71.3 Å². The Morgan fingerprint density at radius 3 is 2.25 bits per heavy atom. The van der Waals surface area contributed by atoms with Gasteiger partial charge in [0.1, 0.15) is 0 Å². The van der Waals surface area contributed by atoms with Gasteiger partial charge in [-0.3, -0.25) is 0 Å². The van der Waals surface area contributed by atoms with Crippen LogP contribution < -0.4 is 5.73 Å². The van der Waals surface area contributed by atoms with E-state index in [1.54, 1.807) is 0 Å². The Kier molecular flexibility index (Phi) is 4.75. The minimum Gasteiger partial charge on any atom is -0.330 e.